The Kier molecular flexibility index (Phi) is 3.95. The van der Waals surface area contributed by atoms with Gasteiger partial charge in [0, 0.05) is 24.4 Å². The second-order valence-electron chi connectivity index (χ2n) is 4.30. The van der Waals surface area contributed by atoms with E-state index in [-0.39, 0.29) is 0 Å². The molecule has 2 aromatic rings. The Hall–Kier alpha value is -1.87. The highest BCUT2D eigenvalue weighted by Gasteiger charge is 2.11. The molecule has 1 atom stereocenters. The van der Waals surface area contributed by atoms with Crippen LogP contribution in [0.1, 0.15) is 22.8 Å². The first-order valence-electron chi connectivity index (χ1n) is 5.92. The van der Waals surface area contributed by atoms with Gasteiger partial charge in [0.2, 0.25) is 0 Å². The van der Waals surface area contributed by atoms with E-state index in [1.54, 1.807) is 19.5 Å². The summed E-state index contributed by atoms with van der Waals surface area (Å²) in [7, 11) is 1.64. The molecule has 1 aromatic heterocycles. The third-order valence-corrected chi connectivity index (χ3v) is 3.03. The molecule has 0 saturated carbocycles. The molecular formula is C15H17NO2. The normalized spacial score (nSPS) is 12.2. The van der Waals surface area contributed by atoms with Crippen LogP contribution in [0.2, 0.25) is 0 Å². The van der Waals surface area contributed by atoms with E-state index in [0.717, 1.165) is 22.4 Å². The van der Waals surface area contributed by atoms with Crippen LogP contribution in [0.15, 0.2) is 42.7 Å². The largest absolute Gasteiger partial charge is 0.497 e. The lowest BCUT2D eigenvalue weighted by molar-refractivity contribution is 0.177. The molecule has 0 spiro atoms. The number of nitrogens with zero attached hydrogens (tertiary/aromatic N) is 1. The zero-order valence-electron chi connectivity index (χ0n) is 10.6. The zero-order valence-corrected chi connectivity index (χ0v) is 10.6. The van der Waals surface area contributed by atoms with Crippen molar-refractivity contribution in [1.82, 2.24) is 4.98 Å². The van der Waals surface area contributed by atoms with Crippen molar-refractivity contribution in [3.63, 3.8) is 0 Å². The van der Waals surface area contributed by atoms with Gasteiger partial charge in [-0.3, -0.25) is 4.98 Å². The highest BCUT2D eigenvalue weighted by atomic mass is 16.5. The number of pyridine rings is 1. The van der Waals surface area contributed by atoms with Gasteiger partial charge in [-0.25, -0.2) is 0 Å². The fourth-order valence-corrected chi connectivity index (χ4v) is 1.92. The smallest absolute Gasteiger partial charge is 0.118 e. The maximum absolute atomic E-state index is 10.2. The Labute approximate surface area is 107 Å². The SMILES string of the molecule is COc1ccc(CC(O)c2cnccc2C)cc1. The highest BCUT2D eigenvalue weighted by molar-refractivity contribution is 5.30. The number of ether oxygens (including phenoxy) is 1. The molecule has 0 bridgehead atoms. The molecule has 0 aliphatic carbocycles. The minimum absolute atomic E-state index is 0.521. The lowest BCUT2D eigenvalue weighted by atomic mass is 9.99. The first kappa shape index (κ1) is 12.6. The standard InChI is InChI=1S/C15H17NO2/c1-11-7-8-16-10-14(11)15(17)9-12-3-5-13(18-2)6-4-12/h3-8,10,15,17H,9H2,1-2H3. The van der Waals surface area contributed by atoms with Crippen molar-refractivity contribution >= 4 is 0 Å². The molecule has 0 amide bonds. The molecule has 3 nitrogen and oxygen atoms in total. The lowest BCUT2D eigenvalue weighted by Gasteiger charge is -2.13. The van der Waals surface area contributed by atoms with E-state index in [0.29, 0.717) is 6.42 Å². The van der Waals surface area contributed by atoms with Crippen molar-refractivity contribution in [2.24, 2.45) is 0 Å². The molecule has 0 fully saturated rings. The molecule has 1 heterocycles. The van der Waals surface area contributed by atoms with Gasteiger partial charge in [0.1, 0.15) is 5.75 Å². The van der Waals surface area contributed by atoms with E-state index in [1.165, 1.54) is 0 Å². The number of hydrogen-bond acceptors (Lipinski definition) is 3. The third-order valence-electron chi connectivity index (χ3n) is 3.03. The van der Waals surface area contributed by atoms with E-state index in [9.17, 15) is 5.11 Å². The summed E-state index contributed by atoms with van der Waals surface area (Å²) in [5.41, 5.74) is 3.02. The molecule has 0 radical (unpaired) electrons. The minimum atomic E-state index is -0.521. The van der Waals surface area contributed by atoms with Gasteiger partial charge in [-0.1, -0.05) is 12.1 Å². The predicted molar refractivity (Wildman–Crippen MR) is 70.6 cm³/mol. The number of hydrogen-bond donors (Lipinski definition) is 1. The summed E-state index contributed by atoms with van der Waals surface area (Å²) in [4.78, 5) is 4.06. The van der Waals surface area contributed by atoms with Crippen molar-refractivity contribution in [3.8, 4) is 5.75 Å². The molecule has 0 saturated heterocycles. The van der Waals surface area contributed by atoms with Crippen molar-refractivity contribution < 1.29 is 9.84 Å². The van der Waals surface area contributed by atoms with Gasteiger partial charge >= 0.3 is 0 Å². The Morgan fingerprint density at radius 1 is 1.22 bits per heavy atom. The first-order chi connectivity index (χ1) is 8.70. The summed E-state index contributed by atoms with van der Waals surface area (Å²) < 4.78 is 5.11. The third kappa shape index (κ3) is 2.87. The fourth-order valence-electron chi connectivity index (χ4n) is 1.92. The maximum Gasteiger partial charge on any atom is 0.118 e. The number of benzene rings is 1. The summed E-state index contributed by atoms with van der Waals surface area (Å²) >= 11 is 0. The van der Waals surface area contributed by atoms with Gasteiger partial charge in [0.05, 0.1) is 13.2 Å². The molecule has 1 aromatic carbocycles. The predicted octanol–water partition coefficient (Wildman–Crippen LogP) is 2.67. The molecule has 3 heteroatoms. The molecule has 94 valence electrons. The summed E-state index contributed by atoms with van der Waals surface area (Å²) in [6.07, 6.45) is 3.52. The van der Waals surface area contributed by atoms with E-state index < -0.39 is 6.10 Å². The monoisotopic (exact) mass is 243 g/mol. The van der Waals surface area contributed by atoms with Gasteiger partial charge < -0.3 is 9.84 Å². The number of methoxy groups -OCH3 is 1. The zero-order chi connectivity index (χ0) is 13.0. The molecule has 0 aliphatic rings. The molecule has 18 heavy (non-hydrogen) atoms. The number of rotatable bonds is 4. The van der Waals surface area contributed by atoms with Crippen molar-refractivity contribution in [2.75, 3.05) is 7.11 Å². The topological polar surface area (TPSA) is 42.4 Å². The Bertz CT molecular complexity index is 508. The average Bonchev–Trinajstić information content (AvgIpc) is 2.40. The van der Waals surface area contributed by atoms with E-state index in [4.69, 9.17) is 4.74 Å². The summed E-state index contributed by atoms with van der Waals surface area (Å²) in [6, 6.07) is 9.64. The van der Waals surface area contributed by atoms with Crippen LogP contribution < -0.4 is 4.74 Å². The van der Waals surface area contributed by atoms with E-state index in [1.807, 2.05) is 37.3 Å². The summed E-state index contributed by atoms with van der Waals surface area (Å²) in [6.45, 7) is 1.98. The minimum Gasteiger partial charge on any atom is -0.497 e. The van der Waals surface area contributed by atoms with Crippen LogP contribution in [-0.2, 0) is 6.42 Å². The van der Waals surface area contributed by atoms with Crippen molar-refractivity contribution in [1.29, 1.82) is 0 Å². The van der Waals surface area contributed by atoms with Crippen LogP contribution in [0.3, 0.4) is 0 Å². The summed E-state index contributed by atoms with van der Waals surface area (Å²) in [5.74, 6) is 0.825. The second kappa shape index (κ2) is 5.65. The highest BCUT2D eigenvalue weighted by Crippen LogP contribution is 2.21. The van der Waals surface area contributed by atoms with Crippen LogP contribution >= 0.6 is 0 Å². The van der Waals surface area contributed by atoms with Gasteiger partial charge in [-0.2, -0.15) is 0 Å². The molecule has 0 aliphatic heterocycles. The molecule has 1 unspecified atom stereocenters. The number of aromatic nitrogens is 1. The lowest BCUT2D eigenvalue weighted by Crippen LogP contribution is -2.04. The quantitative estimate of drug-likeness (QED) is 0.897. The van der Waals surface area contributed by atoms with E-state index >= 15 is 0 Å². The summed E-state index contributed by atoms with van der Waals surface area (Å²) in [5, 5.41) is 10.2. The molecule has 1 N–H and O–H groups in total. The molecule has 2 rings (SSSR count). The maximum atomic E-state index is 10.2. The Morgan fingerprint density at radius 3 is 2.56 bits per heavy atom. The Morgan fingerprint density at radius 2 is 1.94 bits per heavy atom. The average molecular weight is 243 g/mol. The Balaban J connectivity index is 2.11. The van der Waals surface area contributed by atoms with Gasteiger partial charge in [0.25, 0.3) is 0 Å². The van der Waals surface area contributed by atoms with Crippen LogP contribution in [0, 0.1) is 6.92 Å². The van der Waals surface area contributed by atoms with Crippen LogP contribution in [-0.4, -0.2) is 17.2 Å². The van der Waals surface area contributed by atoms with Crippen LogP contribution in [0.25, 0.3) is 0 Å². The van der Waals surface area contributed by atoms with Gasteiger partial charge in [-0.15, -0.1) is 0 Å². The second-order valence-corrected chi connectivity index (χ2v) is 4.30. The van der Waals surface area contributed by atoms with Gasteiger partial charge in [-0.05, 0) is 36.2 Å². The van der Waals surface area contributed by atoms with Gasteiger partial charge in [0.15, 0.2) is 0 Å². The molecular weight excluding hydrogens is 226 g/mol. The van der Waals surface area contributed by atoms with Crippen molar-refractivity contribution in [2.45, 2.75) is 19.4 Å². The fraction of sp³-hybridized carbons (Fsp3) is 0.267. The van der Waals surface area contributed by atoms with Crippen LogP contribution in [0.4, 0.5) is 0 Å². The first-order valence-corrected chi connectivity index (χ1v) is 5.92. The van der Waals surface area contributed by atoms with E-state index in [2.05, 4.69) is 4.98 Å². The number of aliphatic hydroxyl groups is 1. The van der Waals surface area contributed by atoms with Crippen molar-refractivity contribution in [3.05, 3.63) is 59.4 Å². The van der Waals surface area contributed by atoms with Crippen LogP contribution in [0.5, 0.6) is 5.75 Å². The number of aliphatic hydroxyl groups excluding tert-OH is 1. The number of aryl methyl sites for hydroxylation is 1.